The van der Waals surface area contributed by atoms with Crippen molar-refractivity contribution in [2.45, 2.75) is 26.2 Å². The van der Waals surface area contributed by atoms with Crippen molar-refractivity contribution in [1.29, 1.82) is 0 Å². The van der Waals surface area contributed by atoms with Crippen LogP contribution in [0.1, 0.15) is 12.5 Å². The lowest BCUT2D eigenvalue weighted by atomic mass is 10.1. The molecule has 180 valence electrons. The summed E-state index contributed by atoms with van der Waals surface area (Å²) in [4.78, 5) is 38.1. The first-order valence-electron chi connectivity index (χ1n) is 10.9. The molecule has 1 N–H and O–H groups in total. The summed E-state index contributed by atoms with van der Waals surface area (Å²) in [7, 11) is 0. The number of alkyl halides is 3. The molecule has 0 atom stereocenters. The number of anilines is 1. The van der Waals surface area contributed by atoms with Gasteiger partial charge in [0.25, 0.3) is 0 Å². The number of nitrogens with one attached hydrogen (secondary N) is 1. The molecule has 0 saturated heterocycles. The maximum atomic E-state index is 13.0. The zero-order valence-electron chi connectivity index (χ0n) is 18.8. The molecule has 3 aromatic carbocycles. The van der Waals surface area contributed by atoms with Crippen molar-refractivity contribution in [3.05, 3.63) is 88.6 Å². The van der Waals surface area contributed by atoms with Gasteiger partial charge >= 0.3 is 12.1 Å². The van der Waals surface area contributed by atoms with Crippen LogP contribution in [0, 0.1) is 0 Å². The number of carbonyl (C=O) groups excluding carboxylic acids is 2. The van der Waals surface area contributed by atoms with Gasteiger partial charge in [-0.25, -0.2) is 0 Å². The Morgan fingerprint density at radius 3 is 2.09 bits per heavy atom. The number of rotatable bonds is 6. The second-order valence-electron chi connectivity index (χ2n) is 8.02. The smallest absolute Gasteiger partial charge is 0.331 e. The van der Waals surface area contributed by atoms with Gasteiger partial charge in [-0.15, -0.1) is 0 Å². The van der Waals surface area contributed by atoms with Crippen LogP contribution in [0.3, 0.4) is 0 Å². The minimum Gasteiger partial charge on any atom is -0.331 e. The summed E-state index contributed by atoms with van der Waals surface area (Å²) in [5.41, 5.74) is 1.95. The van der Waals surface area contributed by atoms with Gasteiger partial charge in [0.2, 0.25) is 5.91 Å². The summed E-state index contributed by atoms with van der Waals surface area (Å²) in [6, 6.07) is 20.4. The molecule has 6 nitrogen and oxygen atoms in total. The molecule has 0 saturated carbocycles. The third-order valence-electron chi connectivity index (χ3n) is 5.68. The summed E-state index contributed by atoms with van der Waals surface area (Å²) in [6.45, 7) is 1.03. The molecule has 0 aliphatic rings. The lowest BCUT2D eigenvalue weighted by Crippen LogP contribution is -2.40. The van der Waals surface area contributed by atoms with Gasteiger partial charge in [-0.1, -0.05) is 36.4 Å². The lowest BCUT2D eigenvalue weighted by molar-refractivity contribution is -0.185. The van der Waals surface area contributed by atoms with Gasteiger partial charge in [0.1, 0.15) is 6.54 Å². The lowest BCUT2D eigenvalue weighted by Gasteiger charge is -2.22. The number of hydrogen-bond acceptors (Lipinski definition) is 3. The first-order valence-corrected chi connectivity index (χ1v) is 10.9. The molecule has 0 aliphatic carbocycles. The number of carbonyl (C=O) groups is 2. The van der Waals surface area contributed by atoms with Gasteiger partial charge in [0.05, 0.1) is 11.0 Å². The predicted molar refractivity (Wildman–Crippen MR) is 128 cm³/mol. The summed E-state index contributed by atoms with van der Waals surface area (Å²) in [6.07, 6.45) is -4.95. The van der Waals surface area contributed by atoms with Crippen LogP contribution in [0.25, 0.3) is 21.8 Å². The Labute approximate surface area is 198 Å². The van der Waals surface area contributed by atoms with Crippen LogP contribution in [-0.2, 0) is 22.7 Å². The summed E-state index contributed by atoms with van der Waals surface area (Å²) in [5.74, 6) is -2.29. The molecule has 35 heavy (non-hydrogen) atoms. The van der Waals surface area contributed by atoms with Gasteiger partial charge in [0.15, 0.2) is 5.43 Å². The average Bonchev–Trinajstić information content (AvgIpc) is 2.84. The number of para-hydroxylation sites is 2. The highest BCUT2D eigenvalue weighted by atomic mass is 19.4. The molecular weight excluding hydrogens is 459 g/mol. The van der Waals surface area contributed by atoms with Gasteiger partial charge in [-0.2, -0.15) is 13.2 Å². The second kappa shape index (κ2) is 9.61. The fraction of sp³-hybridized carbons (Fsp3) is 0.192. The minimum absolute atomic E-state index is 0.0841. The maximum Gasteiger partial charge on any atom is 0.471 e. The van der Waals surface area contributed by atoms with Gasteiger partial charge in [0, 0.05) is 29.5 Å². The fourth-order valence-corrected chi connectivity index (χ4v) is 4.07. The Morgan fingerprint density at radius 1 is 0.914 bits per heavy atom. The first kappa shape index (κ1) is 24.0. The van der Waals surface area contributed by atoms with Crippen LogP contribution < -0.4 is 10.7 Å². The Hall–Kier alpha value is -4.14. The predicted octanol–water partition coefficient (Wildman–Crippen LogP) is 4.70. The van der Waals surface area contributed by atoms with E-state index in [4.69, 9.17) is 0 Å². The molecule has 0 unspecified atom stereocenters. The van der Waals surface area contributed by atoms with Crippen LogP contribution in [-0.4, -0.2) is 34.0 Å². The summed E-state index contributed by atoms with van der Waals surface area (Å²) < 4.78 is 40.2. The van der Waals surface area contributed by atoms with Crippen LogP contribution in [0.4, 0.5) is 18.9 Å². The van der Waals surface area contributed by atoms with E-state index in [1.165, 1.54) is 13.0 Å². The number of benzene rings is 3. The second-order valence-corrected chi connectivity index (χ2v) is 8.02. The van der Waals surface area contributed by atoms with Gasteiger partial charge in [-0.3, -0.25) is 14.4 Å². The van der Waals surface area contributed by atoms with E-state index in [1.807, 2.05) is 0 Å². The Bertz CT molecular complexity index is 1420. The summed E-state index contributed by atoms with van der Waals surface area (Å²) >= 11 is 0. The van der Waals surface area contributed by atoms with Crippen molar-refractivity contribution < 1.29 is 22.8 Å². The van der Waals surface area contributed by atoms with E-state index < -0.39 is 12.1 Å². The fourth-order valence-electron chi connectivity index (χ4n) is 4.07. The molecule has 0 fully saturated rings. The quantitative estimate of drug-likeness (QED) is 0.406. The van der Waals surface area contributed by atoms with Crippen molar-refractivity contribution in [2.75, 3.05) is 11.9 Å². The van der Waals surface area contributed by atoms with Gasteiger partial charge < -0.3 is 14.8 Å². The standard InChI is InChI=1S/C26H22F3N3O3/c1-2-31(25(35)26(27,28)29)15-17-8-7-9-18(14-17)30-23(33)16-32-21-12-5-3-10-19(21)24(34)20-11-4-6-13-22(20)32/h3-14H,2,15-16H2,1H3,(H,30,33). The van der Waals surface area contributed by atoms with Crippen LogP contribution in [0.5, 0.6) is 0 Å². The topological polar surface area (TPSA) is 71.4 Å². The number of aromatic nitrogens is 1. The number of pyridine rings is 1. The average molecular weight is 481 g/mol. The van der Waals surface area contributed by atoms with E-state index in [9.17, 15) is 27.6 Å². The van der Waals surface area contributed by atoms with Crippen molar-refractivity contribution in [1.82, 2.24) is 9.47 Å². The van der Waals surface area contributed by atoms with Crippen molar-refractivity contribution in [2.24, 2.45) is 0 Å². The number of amides is 2. The number of halogens is 3. The molecule has 4 rings (SSSR count). The van der Waals surface area contributed by atoms with Crippen molar-refractivity contribution in [3.8, 4) is 0 Å². The third-order valence-corrected chi connectivity index (χ3v) is 5.68. The zero-order valence-corrected chi connectivity index (χ0v) is 18.8. The monoisotopic (exact) mass is 481 g/mol. The number of fused-ring (bicyclic) bond motifs is 2. The molecule has 0 radical (unpaired) electrons. The normalized spacial score (nSPS) is 11.5. The highest BCUT2D eigenvalue weighted by molar-refractivity contribution is 5.97. The molecule has 1 heterocycles. The largest absolute Gasteiger partial charge is 0.471 e. The van der Waals surface area contributed by atoms with E-state index in [1.54, 1.807) is 71.3 Å². The summed E-state index contributed by atoms with van der Waals surface area (Å²) in [5, 5.41) is 3.75. The molecule has 1 aromatic heterocycles. The van der Waals surface area contributed by atoms with E-state index in [2.05, 4.69) is 5.32 Å². The molecule has 2 amide bonds. The molecule has 0 spiro atoms. The van der Waals surface area contributed by atoms with E-state index >= 15 is 0 Å². The highest BCUT2D eigenvalue weighted by Crippen LogP contribution is 2.22. The molecule has 9 heteroatoms. The van der Waals surface area contributed by atoms with E-state index in [-0.39, 0.29) is 31.0 Å². The first-order chi connectivity index (χ1) is 16.7. The highest BCUT2D eigenvalue weighted by Gasteiger charge is 2.41. The van der Waals surface area contributed by atoms with Crippen LogP contribution >= 0.6 is 0 Å². The Balaban J connectivity index is 1.59. The third kappa shape index (κ3) is 5.03. The molecule has 4 aromatic rings. The zero-order chi connectivity index (χ0) is 25.2. The van der Waals surface area contributed by atoms with E-state index in [0.717, 1.165) is 0 Å². The van der Waals surface area contributed by atoms with Crippen molar-refractivity contribution >= 4 is 39.3 Å². The minimum atomic E-state index is -4.95. The molecule has 0 bridgehead atoms. The Morgan fingerprint density at radius 2 is 1.51 bits per heavy atom. The van der Waals surface area contributed by atoms with Crippen LogP contribution in [0.15, 0.2) is 77.6 Å². The SMILES string of the molecule is CCN(Cc1cccc(NC(=O)Cn2c3ccccc3c(=O)c3ccccc32)c1)C(=O)C(F)(F)F. The molecule has 0 aliphatic heterocycles. The number of nitrogens with zero attached hydrogens (tertiary/aromatic N) is 2. The van der Waals surface area contributed by atoms with Crippen LogP contribution in [0.2, 0.25) is 0 Å². The maximum absolute atomic E-state index is 13.0. The molecular formula is C26H22F3N3O3. The van der Waals surface area contributed by atoms with Gasteiger partial charge in [-0.05, 0) is 48.9 Å². The van der Waals surface area contributed by atoms with Crippen molar-refractivity contribution in [3.63, 3.8) is 0 Å². The number of hydrogen-bond donors (Lipinski definition) is 1. The Kier molecular flexibility index (Phi) is 6.59. The van der Waals surface area contributed by atoms with E-state index in [0.29, 0.717) is 38.0 Å².